The van der Waals surface area contributed by atoms with E-state index in [0.717, 1.165) is 19.4 Å². The highest BCUT2D eigenvalue weighted by Gasteiger charge is 2.34. The summed E-state index contributed by atoms with van der Waals surface area (Å²) in [6.07, 6.45) is 7.38. The zero-order chi connectivity index (χ0) is 6.97. The second-order valence-corrected chi connectivity index (χ2v) is 2.95. The van der Waals surface area contributed by atoms with Crippen molar-refractivity contribution in [3.8, 4) is 0 Å². The van der Waals surface area contributed by atoms with Gasteiger partial charge in [-0.1, -0.05) is 12.2 Å². The Bertz CT molecular complexity index is 186. The molecular formula is C8H11NO. The molecule has 2 nitrogen and oxygen atoms in total. The van der Waals surface area contributed by atoms with Gasteiger partial charge >= 0.3 is 0 Å². The zero-order valence-corrected chi connectivity index (χ0v) is 5.92. The molecule has 1 atom stereocenters. The maximum Gasteiger partial charge on any atom is 0.225 e. The molecule has 1 fully saturated rings. The Morgan fingerprint density at radius 1 is 1.50 bits per heavy atom. The predicted molar refractivity (Wildman–Crippen MR) is 38.5 cm³/mol. The average molecular weight is 137 g/mol. The first-order valence-corrected chi connectivity index (χ1v) is 3.82. The summed E-state index contributed by atoms with van der Waals surface area (Å²) < 4.78 is 0. The topological polar surface area (TPSA) is 20.3 Å². The van der Waals surface area contributed by atoms with E-state index in [1.165, 1.54) is 6.42 Å². The highest BCUT2D eigenvalue weighted by Crippen LogP contribution is 2.25. The predicted octanol–water partition coefficient (Wildman–Crippen LogP) is 0.937. The first kappa shape index (κ1) is 5.96. The second kappa shape index (κ2) is 2.11. The molecule has 0 aliphatic carbocycles. The lowest BCUT2D eigenvalue weighted by atomic mass is 9.99. The summed E-state index contributed by atoms with van der Waals surface area (Å²) in [6, 6.07) is 0.572. The van der Waals surface area contributed by atoms with E-state index in [0.29, 0.717) is 11.9 Å². The lowest BCUT2D eigenvalue weighted by Crippen LogP contribution is -2.51. The molecule has 0 spiro atoms. The average Bonchev–Trinajstić information content (AvgIpc) is 2.09. The third-order valence-electron chi connectivity index (χ3n) is 2.31. The molecule has 0 aromatic carbocycles. The minimum atomic E-state index is 0.330. The van der Waals surface area contributed by atoms with Crippen LogP contribution in [0.25, 0.3) is 0 Å². The highest BCUT2D eigenvalue weighted by molar-refractivity contribution is 5.83. The Morgan fingerprint density at radius 3 is 3.20 bits per heavy atom. The van der Waals surface area contributed by atoms with Gasteiger partial charge in [0.15, 0.2) is 0 Å². The molecule has 10 heavy (non-hydrogen) atoms. The molecule has 2 heterocycles. The van der Waals surface area contributed by atoms with Crippen molar-refractivity contribution in [1.29, 1.82) is 0 Å². The van der Waals surface area contributed by atoms with Gasteiger partial charge in [0, 0.05) is 19.0 Å². The van der Waals surface area contributed by atoms with E-state index < -0.39 is 0 Å². The lowest BCUT2D eigenvalue weighted by Gasteiger charge is -2.38. The quantitative estimate of drug-likeness (QED) is 0.359. The molecule has 0 bridgehead atoms. The van der Waals surface area contributed by atoms with Gasteiger partial charge in [-0.25, -0.2) is 0 Å². The number of hydrogen-bond donors (Lipinski definition) is 0. The fourth-order valence-electron chi connectivity index (χ4n) is 1.62. The summed E-state index contributed by atoms with van der Waals surface area (Å²) in [4.78, 5) is 12.9. The smallest absolute Gasteiger partial charge is 0.225 e. The number of β-lactam (4-membered cyclic amide) rings is 1. The molecule has 0 unspecified atom stereocenters. The minimum Gasteiger partial charge on any atom is -0.335 e. The van der Waals surface area contributed by atoms with Crippen LogP contribution in [-0.4, -0.2) is 23.4 Å². The van der Waals surface area contributed by atoms with E-state index in [9.17, 15) is 4.79 Å². The van der Waals surface area contributed by atoms with Crippen LogP contribution in [0.15, 0.2) is 12.2 Å². The number of allylic oxidation sites excluding steroid dienone is 1. The number of nitrogens with zero attached hydrogens (tertiary/aromatic N) is 1. The molecule has 2 aliphatic rings. The van der Waals surface area contributed by atoms with Crippen molar-refractivity contribution >= 4 is 5.91 Å². The molecule has 2 aliphatic heterocycles. The molecule has 0 saturated carbocycles. The van der Waals surface area contributed by atoms with E-state index in [1.807, 2.05) is 4.90 Å². The van der Waals surface area contributed by atoms with Crippen LogP contribution in [0.4, 0.5) is 0 Å². The van der Waals surface area contributed by atoms with Crippen molar-refractivity contribution in [3.63, 3.8) is 0 Å². The molecule has 2 rings (SSSR count). The van der Waals surface area contributed by atoms with E-state index in [4.69, 9.17) is 0 Å². The number of rotatable bonds is 0. The standard InChI is InChI=1S/C8H11NO/c10-8-6-7-4-2-1-3-5-9(7)8/h1,3,7H,2,4-6H2/t7-/m1/s1. The summed E-state index contributed by atoms with van der Waals surface area (Å²) in [5, 5.41) is 0. The minimum absolute atomic E-state index is 0.330. The molecule has 2 heteroatoms. The first-order chi connectivity index (χ1) is 4.88. The number of hydrogen-bond acceptors (Lipinski definition) is 1. The Labute approximate surface area is 60.5 Å². The SMILES string of the molecule is O=C1C[C@H]2CCC=CCN12. The van der Waals surface area contributed by atoms with E-state index in [-0.39, 0.29) is 0 Å². The van der Waals surface area contributed by atoms with Gasteiger partial charge in [-0.2, -0.15) is 0 Å². The van der Waals surface area contributed by atoms with E-state index in [2.05, 4.69) is 12.2 Å². The Kier molecular flexibility index (Phi) is 1.26. The van der Waals surface area contributed by atoms with Gasteiger partial charge in [-0.3, -0.25) is 4.79 Å². The van der Waals surface area contributed by atoms with Crippen molar-refractivity contribution in [2.45, 2.75) is 25.3 Å². The van der Waals surface area contributed by atoms with Crippen LogP contribution < -0.4 is 0 Å². The summed E-state index contributed by atoms with van der Waals surface area (Å²) in [7, 11) is 0. The van der Waals surface area contributed by atoms with Gasteiger partial charge in [-0.15, -0.1) is 0 Å². The zero-order valence-electron chi connectivity index (χ0n) is 5.92. The third-order valence-corrected chi connectivity index (χ3v) is 2.31. The Balaban J connectivity index is 2.06. The van der Waals surface area contributed by atoms with Crippen molar-refractivity contribution in [3.05, 3.63) is 12.2 Å². The summed E-state index contributed by atoms with van der Waals surface area (Å²) in [5.74, 6) is 0.330. The summed E-state index contributed by atoms with van der Waals surface area (Å²) >= 11 is 0. The van der Waals surface area contributed by atoms with Gasteiger partial charge in [0.25, 0.3) is 0 Å². The van der Waals surface area contributed by atoms with Gasteiger partial charge in [0.1, 0.15) is 0 Å². The van der Waals surface area contributed by atoms with E-state index >= 15 is 0 Å². The summed E-state index contributed by atoms with van der Waals surface area (Å²) in [6.45, 7) is 0.851. The van der Waals surface area contributed by atoms with Crippen molar-refractivity contribution in [2.75, 3.05) is 6.54 Å². The molecular weight excluding hydrogens is 126 g/mol. The van der Waals surface area contributed by atoms with Crippen LogP contribution in [0.1, 0.15) is 19.3 Å². The Morgan fingerprint density at radius 2 is 2.40 bits per heavy atom. The molecule has 1 saturated heterocycles. The summed E-state index contributed by atoms with van der Waals surface area (Å²) in [5.41, 5.74) is 0. The fourth-order valence-corrected chi connectivity index (χ4v) is 1.62. The van der Waals surface area contributed by atoms with Gasteiger partial charge < -0.3 is 4.90 Å². The molecule has 54 valence electrons. The first-order valence-electron chi connectivity index (χ1n) is 3.82. The molecule has 0 N–H and O–H groups in total. The number of carbonyl (C=O) groups is 1. The van der Waals surface area contributed by atoms with Gasteiger partial charge in [0.05, 0.1) is 0 Å². The fraction of sp³-hybridized carbons (Fsp3) is 0.625. The van der Waals surface area contributed by atoms with Crippen LogP contribution in [0.5, 0.6) is 0 Å². The molecule has 0 radical (unpaired) electrons. The van der Waals surface area contributed by atoms with Crippen molar-refractivity contribution in [2.24, 2.45) is 0 Å². The number of carbonyl (C=O) groups excluding carboxylic acids is 1. The normalized spacial score (nSPS) is 31.0. The largest absolute Gasteiger partial charge is 0.335 e. The monoisotopic (exact) mass is 137 g/mol. The van der Waals surface area contributed by atoms with Crippen LogP contribution in [0.3, 0.4) is 0 Å². The number of fused-ring (bicyclic) bond motifs is 1. The van der Waals surface area contributed by atoms with Crippen LogP contribution in [0.2, 0.25) is 0 Å². The molecule has 1 amide bonds. The maximum absolute atomic E-state index is 10.9. The van der Waals surface area contributed by atoms with Gasteiger partial charge in [-0.05, 0) is 12.8 Å². The van der Waals surface area contributed by atoms with Crippen molar-refractivity contribution in [1.82, 2.24) is 4.90 Å². The van der Waals surface area contributed by atoms with Crippen LogP contribution in [0, 0.1) is 0 Å². The van der Waals surface area contributed by atoms with Crippen molar-refractivity contribution < 1.29 is 4.79 Å². The third kappa shape index (κ3) is 0.753. The maximum atomic E-state index is 10.9. The van der Waals surface area contributed by atoms with Crippen LogP contribution in [-0.2, 0) is 4.79 Å². The lowest BCUT2D eigenvalue weighted by molar-refractivity contribution is -0.144. The molecule has 0 aromatic rings. The Hall–Kier alpha value is -0.790. The van der Waals surface area contributed by atoms with Gasteiger partial charge in [0.2, 0.25) is 5.91 Å². The van der Waals surface area contributed by atoms with Crippen LogP contribution >= 0.6 is 0 Å². The highest BCUT2D eigenvalue weighted by atomic mass is 16.2. The number of amides is 1. The van der Waals surface area contributed by atoms with E-state index in [1.54, 1.807) is 0 Å². The second-order valence-electron chi connectivity index (χ2n) is 2.95. The molecule has 0 aromatic heterocycles.